The summed E-state index contributed by atoms with van der Waals surface area (Å²) in [6.45, 7) is 7.05. The van der Waals surface area contributed by atoms with E-state index in [2.05, 4.69) is 5.32 Å². The summed E-state index contributed by atoms with van der Waals surface area (Å²) in [4.78, 5) is 25.3. The summed E-state index contributed by atoms with van der Waals surface area (Å²) in [5.74, 6) is -0.235. The van der Waals surface area contributed by atoms with Gasteiger partial charge in [0.25, 0.3) is 0 Å². The number of piperidine rings is 1. The van der Waals surface area contributed by atoms with Crippen molar-refractivity contribution in [1.82, 2.24) is 10.2 Å². The molecule has 0 aromatic heterocycles. The third-order valence-corrected chi connectivity index (χ3v) is 3.02. The Morgan fingerprint density at radius 1 is 1.42 bits per heavy atom. The highest BCUT2D eigenvalue weighted by atomic mass is 16.6. The molecule has 0 aromatic rings. The fourth-order valence-corrected chi connectivity index (χ4v) is 2.11. The van der Waals surface area contributed by atoms with Crippen molar-refractivity contribution in [3.05, 3.63) is 0 Å². The summed E-state index contributed by atoms with van der Waals surface area (Å²) < 4.78 is 5.29. The van der Waals surface area contributed by atoms with Gasteiger partial charge in [-0.15, -0.1) is 0 Å². The highest BCUT2D eigenvalue weighted by molar-refractivity contribution is 5.85. The highest BCUT2D eigenvalue weighted by Gasteiger charge is 2.41. The maximum Gasteiger partial charge on any atom is 0.411 e. The molecule has 1 aliphatic heterocycles. The van der Waals surface area contributed by atoms with Crippen LogP contribution in [0.4, 0.5) is 4.79 Å². The molecule has 6 nitrogen and oxygen atoms in total. The number of ether oxygens (including phenoxy) is 1. The first-order valence-corrected chi connectivity index (χ1v) is 6.49. The first-order valence-electron chi connectivity index (χ1n) is 6.49. The molecular formula is C13H24N2O4. The van der Waals surface area contributed by atoms with E-state index in [0.717, 1.165) is 0 Å². The predicted octanol–water partition coefficient (Wildman–Crippen LogP) is 0.883. The van der Waals surface area contributed by atoms with Crippen molar-refractivity contribution < 1.29 is 19.4 Å². The molecular weight excluding hydrogens is 248 g/mol. The van der Waals surface area contributed by atoms with E-state index < -0.39 is 23.3 Å². The summed E-state index contributed by atoms with van der Waals surface area (Å²) >= 11 is 0. The summed E-state index contributed by atoms with van der Waals surface area (Å²) in [6, 6.07) is -0.583. The van der Waals surface area contributed by atoms with Crippen molar-refractivity contribution in [2.75, 3.05) is 13.6 Å². The Kier molecular flexibility index (Phi) is 4.45. The van der Waals surface area contributed by atoms with Crippen molar-refractivity contribution in [2.45, 2.75) is 57.8 Å². The molecule has 110 valence electrons. The monoisotopic (exact) mass is 272 g/mol. The van der Waals surface area contributed by atoms with Gasteiger partial charge < -0.3 is 15.2 Å². The molecule has 0 aromatic carbocycles. The van der Waals surface area contributed by atoms with Crippen molar-refractivity contribution >= 4 is 12.0 Å². The molecule has 0 aliphatic carbocycles. The van der Waals surface area contributed by atoms with E-state index in [1.165, 1.54) is 11.9 Å². The first-order chi connectivity index (χ1) is 8.56. The minimum Gasteiger partial charge on any atom is -0.444 e. The number of amides is 2. The van der Waals surface area contributed by atoms with Crippen LogP contribution in [0.25, 0.3) is 0 Å². The fourth-order valence-electron chi connectivity index (χ4n) is 2.11. The summed E-state index contributed by atoms with van der Waals surface area (Å²) in [7, 11) is 1.53. The van der Waals surface area contributed by atoms with Gasteiger partial charge in [-0.1, -0.05) is 0 Å². The number of carbonyl (C=O) groups is 2. The lowest BCUT2D eigenvalue weighted by molar-refractivity contribution is -0.131. The Balaban J connectivity index is 2.88. The van der Waals surface area contributed by atoms with Gasteiger partial charge >= 0.3 is 6.09 Å². The van der Waals surface area contributed by atoms with Crippen LogP contribution < -0.4 is 5.32 Å². The van der Waals surface area contributed by atoms with Crippen LogP contribution in [0.1, 0.15) is 40.5 Å². The van der Waals surface area contributed by atoms with E-state index in [-0.39, 0.29) is 12.5 Å². The number of nitrogens with one attached hydrogen (secondary N) is 1. The van der Waals surface area contributed by atoms with Gasteiger partial charge in [0.2, 0.25) is 5.91 Å². The van der Waals surface area contributed by atoms with Gasteiger partial charge in [0.05, 0.1) is 12.1 Å². The molecule has 1 saturated heterocycles. The number of likely N-dealkylation sites (tertiary alicyclic amines) is 1. The number of β-amino-alcohol motifs (C(OH)–C–C–N with tert-alkyl or cyclic N) is 1. The molecule has 1 fully saturated rings. The van der Waals surface area contributed by atoms with Crippen LogP contribution in [0.3, 0.4) is 0 Å². The lowest BCUT2D eigenvalue weighted by Crippen LogP contribution is -2.58. The SMILES string of the molecule is CNC(=O)[C@H]1CC[C@@](C)(O)CN1C(=O)OC(C)(C)C. The van der Waals surface area contributed by atoms with Crippen LogP contribution in [0, 0.1) is 0 Å². The van der Waals surface area contributed by atoms with Crippen LogP contribution >= 0.6 is 0 Å². The van der Waals surface area contributed by atoms with E-state index in [1.54, 1.807) is 27.7 Å². The van der Waals surface area contributed by atoms with E-state index in [0.29, 0.717) is 12.8 Å². The van der Waals surface area contributed by atoms with Gasteiger partial charge in [0, 0.05) is 7.05 Å². The third kappa shape index (κ3) is 4.38. The molecule has 19 heavy (non-hydrogen) atoms. The third-order valence-electron chi connectivity index (χ3n) is 3.02. The number of nitrogens with zero attached hydrogens (tertiary/aromatic N) is 1. The zero-order valence-corrected chi connectivity index (χ0v) is 12.3. The predicted molar refractivity (Wildman–Crippen MR) is 70.7 cm³/mol. The molecule has 6 heteroatoms. The van der Waals surface area contributed by atoms with Gasteiger partial charge in [-0.25, -0.2) is 4.79 Å². The van der Waals surface area contributed by atoms with Crippen molar-refractivity contribution in [3.8, 4) is 0 Å². The zero-order chi connectivity index (χ0) is 14.8. The Morgan fingerprint density at radius 2 is 2.00 bits per heavy atom. The maximum atomic E-state index is 12.1. The molecule has 1 aliphatic rings. The quantitative estimate of drug-likeness (QED) is 0.743. The molecule has 0 unspecified atom stereocenters. The van der Waals surface area contributed by atoms with Crippen molar-refractivity contribution in [3.63, 3.8) is 0 Å². The van der Waals surface area contributed by atoms with Crippen LogP contribution in [0.5, 0.6) is 0 Å². The second-order valence-corrected chi connectivity index (χ2v) is 6.27. The van der Waals surface area contributed by atoms with Gasteiger partial charge in [-0.3, -0.25) is 9.69 Å². The van der Waals surface area contributed by atoms with Crippen LogP contribution in [-0.4, -0.2) is 52.8 Å². The summed E-state index contributed by atoms with van der Waals surface area (Å²) in [6.07, 6.45) is 0.331. The Bertz CT molecular complexity index is 360. The number of aliphatic hydroxyl groups is 1. The number of carbonyl (C=O) groups excluding carboxylic acids is 2. The van der Waals surface area contributed by atoms with E-state index >= 15 is 0 Å². The average Bonchev–Trinajstić information content (AvgIpc) is 2.24. The van der Waals surface area contributed by atoms with Gasteiger partial charge in [0.15, 0.2) is 0 Å². The first kappa shape index (κ1) is 15.8. The minimum atomic E-state index is -0.985. The van der Waals surface area contributed by atoms with E-state index in [4.69, 9.17) is 4.74 Å². The largest absolute Gasteiger partial charge is 0.444 e. The molecule has 0 bridgehead atoms. The molecule has 1 heterocycles. The molecule has 0 saturated carbocycles. The molecule has 0 radical (unpaired) electrons. The lowest BCUT2D eigenvalue weighted by Gasteiger charge is -2.41. The topological polar surface area (TPSA) is 78.9 Å². The van der Waals surface area contributed by atoms with Crippen molar-refractivity contribution in [2.24, 2.45) is 0 Å². The smallest absolute Gasteiger partial charge is 0.411 e. The minimum absolute atomic E-state index is 0.0972. The van der Waals surface area contributed by atoms with E-state index in [9.17, 15) is 14.7 Å². The second kappa shape index (κ2) is 5.36. The van der Waals surface area contributed by atoms with E-state index in [1.807, 2.05) is 0 Å². The highest BCUT2D eigenvalue weighted by Crippen LogP contribution is 2.27. The molecule has 2 atom stereocenters. The molecule has 1 rings (SSSR count). The molecule has 0 spiro atoms. The van der Waals surface area contributed by atoms with Gasteiger partial charge in [0.1, 0.15) is 11.6 Å². The Morgan fingerprint density at radius 3 is 2.47 bits per heavy atom. The number of hydrogen-bond acceptors (Lipinski definition) is 4. The molecule has 2 amide bonds. The summed E-state index contributed by atoms with van der Waals surface area (Å²) in [5.41, 5.74) is -1.62. The van der Waals surface area contributed by atoms with Gasteiger partial charge in [-0.2, -0.15) is 0 Å². The average molecular weight is 272 g/mol. The Labute approximate surface area is 114 Å². The van der Waals surface area contributed by atoms with Gasteiger partial charge in [-0.05, 0) is 40.5 Å². The van der Waals surface area contributed by atoms with Crippen molar-refractivity contribution in [1.29, 1.82) is 0 Å². The number of likely N-dealkylation sites (N-methyl/N-ethyl adjacent to an activating group) is 1. The standard InChI is InChI=1S/C13H24N2O4/c1-12(2,3)19-11(17)15-8-13(4,18)7-6-9(15)10(16)14-5/h9,18H,6-8H2,1-5H3,(H,14,16)/t9-,13-/m1/s1. The summed E-state index contributed by atoms with van der Waals surface area (Å²) in [5, 5.41) is 12.6. The second-order valence-electron chi connectivity index (χ2n) is 6.27. The fraction of sp³-hybridized carbons (Fsp3) is 0.846. The number of hydrogen-bond donors (Lipinski definition) is 2. The van der Waals surface area contributed by atoms with Crippen LogP contribution in [0.15, 0.2) is 0 Å². The Hall–Kier alpha value is -1.30. The zero-order valence-electron chi connectivity index (χ0n) is 12.3. The van der Waals surface area contributed by atoms with Crippen LogP contribution in [0.2, 0.25) is 0 Å². The molecule has 2 N–H and O–H groups in total. The lowest BCUT2D eigenvalue weighted by atomic mass is 9.90. The van der Waals surface area contributed by atoms with Crippen LogP contribution in [-0.2, 0) is 9.53 Å². The number of rotatable bonds is 1. The maximum absolute atomic E-state index is 12.1. The normalized spacial score (nSPS) is 27.9.